The minimum absolute atomic E-state index is 0.0901. The van der Waals surface area contributed by atoms with Crippen LogP contribution in [0.15, 0.2) is 22.1 Å². The molecular formula is C11H11N7O2S. The van der Waals surface area contributed by atoms with Gasteiger partial charge in [-0.2, -0.15) is 10.1 Å². The third-order valence-electron chi connectivity index (χ3n) is 2.61. The van der Waals surface area contributed by atoms with Gasteiger partial charge in [0.1, 0.15) is 11.4 Å². The van der Waals surface area contributed by atoms with Crippen LogP contribution >= 0.6 is 11.8 Å². The number of carbonyl (C=O) groups excluding carboxylic acids is 1. The summed E-state index contributed by atoms with van der Waals surface area (Å²) >= 11 is 1.29. The second-order valence-electron chi connectivity index (χ2n) is 4.17. The van der Waals surface area contributed by atoms with Crippen LogP contribution in [0.3, 0.4) is 0 Å². The highest BCUT2D eigenvalue weighted by Crippen LogP contribution is 2.23. The van der Waals surface area contributed by atoms with E-state index in [9.17, 15) is 4.79 Å². The molecule has 0 spiro atoms. The fourth-order valence-electron chi connectivity index (χ4n) is 1.69. The molecule has 3 heterocycles. The lowest BCUT2D eigenvalue weighted by Crippen LogP contribution is -2.14. The molecule has 0 radical (unpaired) electrons. The molecular weight excluding hydrogens is 294 g/mol. The largest absolute Gasteiger partial charge is 0.328 e. The fourth-order valence-corrected chi connectivity index (χ4v) is 2.45. The van der Waals surface area contributed by atoms with E-state index in [-0.39, 0.29) is 17.7 Å². The quantitative estimate of drug-likeness (QED) is 0.556. The average molecular weight is 305 g/mol. The predicted octanol–water partition coefficient (Wildman–Crippen LogP) is 0.786. The van der Waals surface area contributed by atoms with Crippen molar-refractivity contribution in [1.82, 2.24) is 29.9 Å². The zero-order chi connectivity index (χ0) is 14.8. The van der Waals surface area contributed by atoms with E-state index >= 15 is 0 Å². The number of aryl methyl sites for hydroxylation is 2. The van der Waals surface area contributed by atoms with Crippen LogP contribution < -0.4 is 5.32 Å². The van der Waals surface area contributed by atoms with Gasteiger partial charge in [-0.3, -0.25) is 14.8 Å². The van der Waals surface area contributed by atoms with Crippen molar-refractivity contribution in [2.24, 2.45) is 7.05 Å². The molecule has 0 atom stereocenters. The molecule has 0 aromatic carbocycles. The summed E-state index contributed by atoms with van der Waals surface area (Å²) in [7, 11) is 1.80. The van der Waals surface area contributed by atoms with E-state index in [1.165, 1.54) is 18.1 Å². The van der Waals surface area contributed by atoms with Gasteiger partial charge in [0, 0.05) is 7.05 Å². The van der Waals surface area contributed by atoms with Crippen LogP contribution in [0, 0.1) is 6.92 Å². The van der Waals surface area contributed by atoms with Crippen LogP contribution in [-0.4, -0.2) is 41.5 Å². The minimum Gasteiger partial charge on any atom is -0.315 e. The zero-order valence-corrected chi connectivity index (χ0v) is 12.1. The number of hydrogen-bond acceptors (Lipinski definition) is 8. The summed E-state index contributed by atoms with van der Waals surface area (Å²) in [5.74, 6) is 0.382. The molecule has 3 rings (SSSR count). The molecule has 1 amide bonds. The Hall–Kier alpha value is -2.49. The number of thioether (sulfide) groups is 1. The summed E-state index contributed by atoms with van der Waals surface area (Å²) in [5.41, 5.74) is 0.723. The van der Waals surface area contributed by atoms with Gasteiger partial charge in [-0.05, 0) is 6.92 Å². The molecule has 21 heavy (non-hydrogen) atoms. The van der Waals surface area contributed by atoms with Crippen LogP contribution in [-0.2, 0) is 11.8 Å². The molecule has 0 fully saturated rings. The third kappa shape index (κ3) is 2.84. The first kappa shape index (κ1) is 13.5. The molecule has 0 saturated carbocycles. The summed E-state index contributed by atoms with van der Waals surface area (Å²) in [5, 5.41) is 11.7. The first-order valence-corrected chi connectivity index (χ1v) is 6.97. The summed E-state index contributed by atoms with van der Waals surface area (Å²) in [4.78, 5) is 24.0. The molecule has 108 valence electrons. The molecule has 10 heteroatoms. The van der Waals surface area contributed by atoms with E-state index in [4.69, 9.17) is 4.52 Å². The Morgan fingerprint density at radius 2 is 2.33 bits per heavy atom. The van der Waals surface area contributed by atoms with Crippen molar-refractivity contribution >= 4 is 34.7 Å². The Labute approximate surface area is 123 Å². The van der Waals surface area contributed by atoms with Gasteiger partial charge in [-0.1, -0.05) is 16.9 Å². The van der Waals surface area contributed by atoms with E-state index in [1.54, 1.807) is 24.9 Å². The Morgan fingerprint density at radius 3 is 3.10 bits per heavy atom. The second kappa shape index (κ2) is 5.48. The second-order valence-corrected chi connectivity index (χ2v) is 5.13. The average Bonchev–Trinajstić information content (AvgIpc) is 3.04. The van der Waals surface area contributed by atoms with Gasteiger partial charge in [0.15, 0.2) is 11.5 Å². The Balaban J connectivity index is 1.67. The molecule has 0 aliphatic carbocycles. The van der Waals surface area contributed by atoms with Crippen molar-refractivity contribution in [2.75, 3.05) is 11.1 Å². The number of carbonyl (C=O) groups is 1. The highest BCUT2D eigenvalue weighted by atomic mass is 32.2. The van der Waals surface area contributed by atoms with E-state index in [0.717, 1.165) is 11.0 Å². The monoisotopic (exact) mass is 305 g/mol. The first-order chi connectivity index (χ1) is 10.1. The van der Waals surface area contributed by atoms with Gasteiger partial charge in [0.2, 0.25) is 5.91 Å². The van der Waals surface area contributed by atoms with Crippen LogP contribution in [0.25, 0.3) is 11.0 Å². The minimum atomic E-state index is -0.251. The maximum Gasteiger partial charge on any atom is 0.328 e. The first-order valence-electron chi connectivity index (χ1n) is 5.99. The normalized spacial score (nSPS) is 11.0. The molecule has 0 aliphatic heterocycles. The van der Waals surface area contributed by atoms with Gasteiger partial charge in [-0.15, -0.1) is 0 Å². The smallest absolute Gasteiger partial charge is 0.315 e. The maximum atomic E-state index is 11.8. The van der Waals surface area contributed by atoms with Crippen LogP contribution in [0.5, 0.6) is 0 Å². The maximum absolute atomic E-state index is 11.8. The van der Waals surface area contributed by atoms with Crippen molar-refractivity contribution < 1.29 is 9.32 Å². The number of aromatic nitrogens is 6. The Bertz CT molecular complexity index is 797. The van der Waals surface area contributed by atoms with Crippen molar-refractivity contribution in [3.05, 3.63) is 18.3 Å². The Kier molecular flexibility index (Phi) is 3.52. The third-order valence-corrected chi connectivity index (χ3v) is 3.61. The topological polar surface area (TPSA) is 112 Å². The molecule has 3 aromatic rings. The molecule has 0 saturated heterocycles. The Morgan fingerprint density at radius 1 is 1.48 bits per heavy atom. The number of amides is 1. The summed E-state index contributed by atoms with van der Waals surface area (Å²) in [6.07, 6.45) is 3.13. The van der Waals surface area contributed by atoms with Crippen LogP contribution in [0.1, 0.15) is 5.82 Å². The molecule has 0 unspecified atom stereocenters. The summed E-state index contributed by atoms with van der Waals surface area (Å²) < 4.78 is 6.47. The molecule has 9 nitrogen and oxygen atoms in total. The molecule has 0 bridgehead atoms. The van der Waals surface area contributed by atoms with Gasteiger partial charge in [0.25, 0.3) is 0 Å². The van der Waals surface area contributed by atoms with Crippen molar-refractivity contribution in [2.45, 2.75) is 11.9 Å². The zero-order valence-electron chi connectivity index (χ0n) is 11.3. The number of fused-ring (bicyclic) bond motifs is 1. The van der Waals surface area contributed by atoms with Crippen LogP contribution in [0.4, 0.5) is 6.01 Å². The number of nitrogens with zero attached hydrogens (tertiary/aromatic N) is 6. The fraction of sp³-hybridized carbons (Fsp3) is 0.273. The van der Waals surface area contributed by atoms with E-state index in [1.807, 2.05) is 0 Å². The van der Waals surface area contributed by atoms with Gasteiger partial charge in [-0.25, -0.2) is 9.97 Å². The number of anilines is 1. The lowest BCUT2D eigenvalue weighted by Gasteiger charge is -2.01. The van der Waals surface area contributed by atoms with E-state index in [2.05, 4.69) is 30.5 Å². The molecule has 3 aromatic heterocycles. The van der Waals surface area contributed by atoms with Crippen molar-refractivity contribution in [1.29, 1.82) is 0 Å². The molecule has 0 aliphatic rings. The molecule has 1 N–H and O–H groups in total. The van der Waals surface area contributed by atoms with Gasteiger partial charge < -0.3 is 4.52 Å². The number of hydrogen-bond donors (Lipinski definition) is 1. The number of nitrogens with one attached hydrogen (secondary N) is 1. The van der Waals surface area contributed by atoms with Gasteiger partial charge >= 0.3 is 6.01 Å². The number of rotatable bonds is 4. The van der Waals surface area contributed by atoms with E-state index < -0.39 is 0 Å². The summed E-state index contributed by atoms with van der Waals surface area (Å²) in [6, 6.07) is 0.0901. The lowest BCUT2D eigenvalue weighted by molar-refractivity contribution is -0.114. The highest BCUT2D eigenvalue weighted by molar-refractivity contribution is 8.00. The van der Waals surface area contributed by atoms with E-state index in [0.29, 0.717) is 10.9 Å². The SMILES string of the molecule is Cc1noc(NC(=O)CSc2ncnc3c2cnn3C)n1. The highest BCUT2D eigenvalue weighted by Gasteiger charge is 2.12. The van der Waals surface area contributed by atoms with Crippen molar-refractivity contribution in [3.63, 3.8) is 0 Å². The standard InChI is InChI=1S/C11H11N7O2S/c1-6-15-11(20-17-6)16-8(19)4-21-10-7-3-14-18(2)9(7)12-5-13-10/h3,5H,4H2,1-2H3,(H,15,16,17,19). The van der Waals surface area contributed by atoms with Crippen LogP contribution in [0.2, 0.25) is 0 Å². The van der Waals surface area contributed by atoms with Gasteiger partial charge in [0.05, 0.1) is 17.3 Å². The lowest BCUT2D eigenvalue weighted by atomic mass is 10.4. The summed E-state index contributed by atoms with van der Waals surface area (Å²) in [6.45, 7) is 1.67. The predicted molar refractivity (Wildman–Crippen MR) is 74.7 cm³/mol. The van der Waals surface area contributed by atoms with Crippen molar-refractivity contribution in [3.8, 4) is 0 Å².